The van der Waals surface area contributed by atoms with Crippen molar-refractivity contribution in [2.75, 3.05) is 20.3 Å². The van der Waals surface area contributed by atoms with Crippen molar-refractivity contribution >= 4 is 39.2 Å². The Kier molecular flexibility index (Phi) is 10.8. The lowest BCUT2D eigenvalue weighted by molar-refractivity contribution is 0.0972. The number of hydrogen-bond acceptors (Lipinski definition) is 5. The number of carbonyl (C=O) groups excluding carboxylic acids is 1. The van der Waals surface area contributed by atoms with E-state index in [1.807, 2.05) is 31.2 Å². The largest absolute Gasteiger partial charge is 0.493 e. The van der Waals surface area contributed by atoms with Crippen LogP contribution in [0, 0.1) is 5.92 Å². The molecular weight excluding hydrogens is 492 g/mol. The molecule has 32 heavy (non-hydrogen) atoms. The monoisotopic (exact) mass is 522 g/mol. The average Bonchev–Trinajstić information content (AvgIpc) is 2.77. The molecule has 0 aliphatic rings. The maximum absolute atomic E-state index is 12.7. The molecule has 0 aliphatic carbocycles. The quantitative estimate of drug-likeness (QED) is 0.381. The van der Waals surface area contributed by atoms with Crippen LogP contribution in [0.15, 0.2) is 40.9 Å². The molecule has 0 unspecified atom stereocenters. The first kappa shape index (κ1) is 25.9. The van der Waals surface area contributed by atoms with Gasteiger partial charge >= 0.3 is 0 Å². The van der Waals surface area contributed by atoms with Gasteiger partial charge in [-0.25, -0.2) is 0 Å². The van der Waals surface area contributed by atoms with Gasteiger partial charge in [0.15, 0.2) is 16.6 Å². The van der Waals surface area contributed by atoms with Gasteiger partial charge in [0.25, 0.3) is 5.91 Å². The fraction of sp³-hybridized carbons (Fsp3) is 0.417. The maximum Gasteiger partial charge on any atom is 0.261 e. The fourth-order valence-corrected chi connectivity index (χ4v) is 3.29. The van der Waals surface area contributed by atoms with Crippen molar-refractivity contribution in [3.8, 4) is 17.2 Å². The smallest absolute Gasteiger partial charge is 0.261 e. The molecule has 0 atom stereocenters. The first-order chi connectivity index (χ1) is 15.3. The number of thiocarbonyl (C=S) groups is 1. The van der Waals surface area contributed by atoms with Gasteiger partial charge in [-0.3, -0.25) is 10.1 Å². The Balaban J connectivity index is 1.95. The van der Waals surface area contributed by atoms with E-state index in [1.54, 1.807) is 19.2 Å². The van der Waals surface area contributed by atoms with Crippen LogP contribution in [-0.2, 0) is 6.54 Å². The van der Waals surface area contributed by atoms with Crippen molar-refractivity contribution < 1.29 is 19.0 Å². The van der Waals surface area contributed by atoms with Crippen LogP contribution < -0.4 is 24.8 Å². The van der Waals surface area contributed by atoms with Crippen molar-refractivity contribution in [1.82, 2.24) is 10.6 Å². The number of methoxy groups -OCH3 is 1. The summed E-state index contributed by atoms with van der Waals surface area (Å²) >= 11 is 8.71. The third-order valence-corrected chi connectivity index (χ3v) is 5.25. The number of hydrogen-bond donors (Lipinski definition) is 2. The van der Waals surface area contributed by atoms with Gasteiger partial charge in [-0.15, -0.1) is 0 Å². The minimum absolute atomic E-state index is 0.229. The molecule has 0 fully saturated rings. The standard InChI is InChI=1S/C24H31BrN2O4S/c1-5-11-30-20-9-7-18(25)14-19(20)23(28)27-24(32)26-15-17-6-8-21(22(13-17)29-4)31-12-10-16(2)3/h6-9,13-14,16H,5,10-12,15H2,1-4H3,(H2,26,27,28,32). The summed E-state index contributed by atoms with van der Waals surface area (Å²) in [4.78, 5) is 12.7. The second-order valence-electron chi connectivity index (χ2n) is 7.64. The second kappa shape index (κ2) is 13.3. The highest BCUT2D eigenvalue weighted by Gasteiger charge is 2.15. The van der Waals surface area contributed by atoms with Crippen molar-refractivity contribution in [1.29, 1.82) is 0 Å². The summed E-state index contributed by atoms with van der Waals surface area (Å²) in [6.07, 6.45) is 1.83. The first-order valence-electron chi connectivity index (χ1n) is 10.6. The van der Waals surface area contributed by atoms with E-state index in [-0.39, 0.29) is 11.0 Å². The summed E-state index contributed by atoms with van der Waals surface area (Å²) in [5, 5.41) is 6.00. The van der Waals surface area contributed by atoms with Crippen LogP contribution in [0.3, 0.4) is 0 Å². The Morgan fingerprint density at radius 3 is 2.47 bits per heavy atom. The molecule has 0 radical (unpaired) electrons. The number of ether oxygens (including phenoxy) is 3. The predicted octanol–water partition coefficient (Wildman–Crippen LogP) is 5.48. The van der Waals surface area contributed by atoms with Gasteiger partial charge in [-0.05, 0) is 66.9 Å². The summed E-state index contributed by atoms with van der Waals surface area (Å²) in [5.74, 6) is 2.14. The molecule has 0 saturated carbocycles. The van der Waals surface area contributed by atoms with Crippen molar-refractivity contribution in [2.45, 2.75) is 40.2 Å². The number of rotatable bonds is 11. The predicted molar refractivity (Wildman–Crippen MR) is 135 cm³/mol. The van der Waals surface area contributed by atoms with Crippen LogP contribution in [-0.4, -0.2) is 31.3 Å². The number of nitrogens with one attached hydrogen (secondary N) is 2. The van der Waals surface area contributed by atoms with Crippen LogP contribution in [0.25, 0.3) is 0 Å². The molecule has 2 aromatic carbocycles. The molecule has 2 N–H and O–H groups in total. The van der Waals surface area contributed by atoms with E-state index in [2.05, 4.69) is 40.4 Å². The molecule has 0 saturated heterocycles. The van der Waals surface area contributed by atoms with E-state index < -0.39 is 0 Å². The normalized spacial score (nSPS) is 10.6. The zero-order valence-corrected chi connectivity index (χ0v) is 21.4. The Bertz CT molecular complexity index is 921. The average molecular weight is 523 g/mol. The van der Waals surface area contributed by atoms with E-state index in [0.29, 0.717) is 48.5 Å². The van der Waals surface area contributed by atoms with E-state index >= 15 is 0 Å². The van der Waals surface area contributed by atoms with Gasteiger partial charge in [0.05, 0.1) is 25.9 Å². The highest BCUT2D eigenvalue weighted by molar-refractivity contribution is 9.10. The number of halogens is 1. The van der Waals surface area contributed by atoms with Gasteiger partial charge in [0, 0.05) is 11.0 Å². The topological polar surface area (TPSA) is 68.8 Å². The Labute approximate surface area is 204 Å². The molecule has 2 aromatic rings. The molecule has 2 rings (SSSR count). The van der Waals surface area contributed by atoms with Gasteiger partial charge < -0.3 is 19.5 Å². The molecule has 6 nitrogen and oxygen atoms in total. The van der Waals surface area contributed by atoms with Gasteiger partial charge in [0.2, 0.25) is 0 Å². The van der Waals surface area contributed by atoms with Crippen LogP contribution >= 0.6 is 28.1 Å². The van der Waals surface area contributed by atoms with E-state index in [9.17, 15) is 4.79 Å². The third-order valence-electron chi connectivity index (χ3n) is 4.51. The summed E-state index contributed by atoms with van der Waals surface area (Å²) in [6, 6.07) is 11.0. The molecule has 0 heterocycles. The summed E-state index contributed by atoms with van der Waals surface area (Å²) < 4.78 is 17.7. The highest BCUT2D eigenvalue weighted by atomic mass is 79.9. The van der Waals surface area contributed by atoms with Crippen molar-refractivity contribution in [3.63, 3.8) is 0 Å². The zero-order valence-electron chi connectivity index (χ0n) is 19.0. The summed E-state index contributed by atoms with van der Waals surface area (Å²) in [5.41, 5.74) is 1.37. The van der Waals surface area contributed by atoms with Gasteiger partial charge in [-0.2, -0.15) is 0 Å². The van der Waals surface area contributed by atoms with Crippen LogP contribution in [0.4, 0.5) is 0 Å². The number of carbonyl (C=O) groups is 1. The molecule has 0 aliphatic heterocycles. The lowest BCUT2D eigenvalue weighted by Crippen LogP contribution is -2.39. The van der Waals surface area contributed by atoms with Crippen molar-refractivity contribution in [2.24, 2.45) is 5.92 Å². The van der Waals surface area contributed by atoms with E-state index in [1.165, 1.54) is 0 Å². The van der Waals surface area contributed by atoms with Crippen LogP contribution in [0.5, 0.6) is 17.2 Å². The van der Waals surface area contributed by atoms with Crippen molar-refractivity contribution in [3.05, 3.63) is 52.0 Å². The summed E-state index contributed by atoms with van der Waals surface area (Å²) in [6.45, 7) is 7.93. The Hall–Kier alpha value is -2.32. The minimum Gasteiger partial charge on any atom is -0.493 e. The molecule has 8 heteroatoms. The second-order valence-corrected chi connectivity index (χ2v) is 8.97. The summed E-state index contributed by atoms with van der Waals surface area (Å²) in [7, 11) is 1.61. The van der Waals surface area contributed by atoms with Crippen LogP contribution in [0.2, 0.25) is 0 Å². The molecule has 1 amide bonds. The molecule has 0 aromatic heterocycles. The third kappa shape index (κ3) is 8.31. The maximum atomic E-state index is 12.7. The molecular formula is C24H31BrN2O4S. The minimum atomic E-state index is -0.332. The Morgan fingerprint density at radius 2 is 1.78 bits per heavy atom. The number of amides is 1. The zero-order chi connectivity index (χ0) is 23.5. The first-order valence-corrected chi connectivity index (χ1v) is 11.8. The Morgan fingerprint density at radius 1 is 1.06 bits per heavy atom. The molecule has 174 valence electrons. The van der Waals surface area contributed by atoms with E-state index in [0.717, 1.165) is 22.9 Å². The van der Waals surface area contributed by atoms with Gasteiger partial charge in [-0.1, -0.05) is 42.8 Å². The van der Waals surface area contributed by atoms with Crippen LogP contribution in [0.1, 0.15) is 49.5 Å². The number of benzene rings is 2. The molecule has 0 bridgehead atoms. The lowest BCUT2D eigenvalue weighted by atomic mass is 10.1. The SMILES string of the molecule is CCCOc1ccc(Br)cc1C(=O)NC(=S)NCc1ccc(OCCC(C)C)c(OC)c1. The van der Waals surface area contributed by atoms with E-state index in [4.69, 9.17) is 26.4 Å². The fourth-order valence-electron chi connectivity index (χ4n) is 2.76. The molecule has 0 spiro atoms. The highest BCUT2D eigenvalue weighted by Crippen LogP contribution is 2.28. The lowest BCUT2D eigenvalue weighted by Gasteiger charge is -2.15. The van der Waals surface area contributed by atoms with Gasteiger partial charge in [0.1, 0.15) is 5.75 Å².